The number of nitrogens with zero attached hydrogens (tertiary/aromatic N) is 3. The van der Waals surface area contributed by atoms with Gasteiger partial charge in [0.05, 0.1) is 11.5 Å². The van der Waals surface area contributed by atoms with Crippen LogP contribution >= 0.6 is 0 Å². The van der Waals surface area contributed by atoms with Gasteiger partial charge in [-0.05, 0) is 56.3 Å². The van der Waals surface area contributed by atoms with Crippen molar-refractivity contribution < 1.29 is 24.0 Å². The summed E-state index contributed by atoms with van der Waals surface area (Å²) in [7, 11) is 0. The highest BCUT2D eigenvalue weighted by atomic mass is 16.6. The quantitative estimate of drug-likeness (QED) is 0.748. The summed E-state index contributed by atoms with van der Waals surface area (Å²) in [5.41, 5.74) is -0.333. The molecular weight excluding hydrogens is 374 g/mol. The lowest BCUT2D eigenvalue weighted by Gasteiger charge is -2.56. The molecule has 4 bridgehead atoms. The van der Waals surface area contributed by atoms with Crippen molar-refractivity contribution in [2.45, 2.75) is 77.0 Å². The van der Waals surface area contributed by atoms with E-state index in [1.54, 1.807) is 4.90 Å². The smallest absolute Gasteiger partial charge is 0.329 e. The number of aliphatic hydroxyl groups excluding tert-OH is 1. The molecule has 8 nitrogen and oxygen atoms in total. The van der Waals surface area contributed by atoms with Crippen LogP contribution in [0.15, 0.2) is 4.52 Å². The predicted octanol–water partition coefficient (Wildman–Crippen LogP) is 1.85. The first kappa shape index (κ1) is 19.0. The van der Waals surface area contributed by atoms with Crippen molar-refractivity contribution in [2.75, 3.05) is 6.54 Å². The monoisotopic (exact) mass is 403 g/mol. The first-order valence-electron chi connectivity index (χ1n) is 10.9. The largest absolute Gasteiger partial charge is 0.454 e. The van der Waals surface area contributed by atoms with Crippen LogP contribution < -0.4 is 0 Å². The third-order valence-corrected chi connectivity index (χ3v) is 7.47. The molecule has 5 fully saturated rings. The summed E-state index contributed by atoms with van der Waals surface area (Å²) < 4.78 is 10.4. The van der Waals surface area contributed by atoms with E-state index in [-0.39, 0.29) is 36.8 Å². The number of likely N-dealkylation sites (tertiary alicyclic amines) is 1. The Kier molecular flexibility index (Phi) is 4.64. The average Bonchev–Trinajstić information content (AvgIpc) is 3.30. The molecule has 4 aliphatic carbocycles. The summed E-state index contributed by atoms with van der Waals surface area (Å²) in [4.78, 5) is 32.1. The molecule has 1 N–H and O–H groups in total. The molecular formula is C21H29N3O5. The molecule has 2 atom stereocenters. The van der Waals surface area contributed by atoms with Crippen molar-refractivity contribution >= 4 is 11.9 Å². The number of aliphatic hydroxyl groups is 1. The predicted molar refractivity (Wildman–Crippen MR) is 100 cm³/mol. The first-order valence-corrected chi connectivity index (χ1v) is 10.9. The Bertz CT molecular complexity index is 771. The second-order valence-corrected chi connectivity index (χ2v) is 9.63. The van der Waals surface area contributed by atoms with Gasteiger partial charge in [-0.25, -0.2) is 4.79 Å². The summed E-state index contributed by atoms with van der Waals surface area (Å²) in [5, 5.41) is 14.0. The van der Waals surface area contributed by atoms with E-state index in [1.165, 1.54) is 19.3 Å². The lowest BCUT2D eigenvalue weighted by Crippen LogP contribution is -2.56. The highest BCUT2D eigenvalue weighted by Crippen LogP contribution is 2.60. The summed E-state index contributed by atoms with van der Waals surface area (Å²) in [6.45, 7) is 2.01. The summed E-state index contributed by atoms with van der Waals surface area (Å²) >= 11 is 0. The van der Waals surface area contributed by atoms with Crippen LogP contribution in [-0.4, -0.2) is 50.7 Å². The number of aryl methyl sites for hydroxylation is 1. The molecule has 2 heterocycles. The Morgan fingerprint density at radius 3 is 2.41 bits per heavy atom. The summed E-state index contributed by atoms with van der Waals surface area (Å²) in [6, 6.07) is -0.737. The van der Waals surface area contributed by atoms with Gasteiger partial charge in [-0.2, -0.15) is 4.98 Å². The van der Waals surface area contributed by atoms with Crippen LogP contribution in [0.1, 0.15) is 63.6 Å². The Morgan fingerprint density at radius 2 is 1.83 bits per heavy atom. The van der Waals surface area contributed by atoms with Crippen molar-refractivity contribution in [3.63, 3.8) is 0 Å². The van der Waals surface area contributed by atoms with E-state index in [0.717, 1.165) is 19.3 Å². The van der Waals surface area contributed by atoms with E-state index in [2.05, 4.69) is 10.1 Å². The molecule has 158 valence electrons. The Balaban J connectivity index is 1.28. The van der Waals surface area contributed by atoms with Gasteiger partial charge in [0.1, 0.15) is 6.04 Å². The van der Waals surface area contributed by atoms with Gasteiger partial charge in [-0.15, -0.1) is 0 Å². The number of rotatable bonds is 5. The number of hydrogen-bond donors (Lipinski definition) is 1. The minimum atomic E-state index is -0.737. The molecule has 1 aliphatic heterocycles. The van der Waals surface area contributed by atoms with Crippen molar-refractivity contribution in [1.29, 1.82) is 0 Å². The number of ether oxygens (including phenoxy) is 1. The second kappa shape index (κ2) is 7.07. The van der Waals surface area contributed by atoms with Crippen LogP contribution in [0.3, 0.4) is 0 Å². The van der Waals surface area contributed by atoms with Gasteiger partial charge in [-0.3, -0.25) is 4.79 Å². The van der Waals surface area contributed by atoms with Crippen molar-refractivity contribution in [2.24, 2.45) is 23.2 Å². The highest BCUT2D eigenvalue weighted by Gasteiger charge is 2.57. The van der Waals surface area contributed by atoms with Crippen LogP contribution in [0.25, 0.3) is 0 Å². The van der Waals surface area contributed by atoms with Gasteiger partial charge < -0.3 is 19.3 Å². The molecule has 1 aromatic rings. The van der Waals surface area contributed by atoms with Crippen molar-refractivity contribution in [3.05, 3.63) is 11.7 Å². The molecule has 1 unspecified atom stereocenters. The average molecular weight is 403 g/mol. The van der Waals surface area contributed by atoms with Crippen LogP contribution in [-0.2, 0) is 27.4 Å². The lowest BCUT2D eigenvalue weighted by atomic mass is 9.49. The van der Waals surface area contributed by atoms with Crippen molar-refractivity contribution in [1.82, 2.24) is 15.0 Å². The molecule has 0 spiro atoms. The Labute approximate surface area is 170 Å². The number of β-amino-alcohol motifs (C(OH)–C–C–N with tert-alkyl or cyclic N) is 1. The fourth-order valence-corrected chi connectivity index (χ4v) is 6.66. The van der Waals surface area contributed by atoms with E-state index >= 15 is 0 Å². The number of esters is 1. The number of amides is 1. The van der Waals surface area contributed by atoms with Gasteiger partial charge in [0.15, 0.2) is 12.4 Å². The van der Waals surface area contributed by atoms with Crippen LogP contribution in [0.4, 0.5) is 0 Å². The maximum Gasteiger partial charge on any atom is 0.329 e. The molecule has 1 saturated heterocycles. The number of carbonyl (C=O) groups excluding carboxylic acids is 2. The van der Waals surface area contributed by atoms with Gasteiger partial charge in [-0.1, -0.05) is 12.1 Å². The molecule has 5 aliphatic rings. The molecule has 0 aromatic carbocycles. The molecule has 4 saturated carbocycles. The molecule has 0 radical (unpaired) electrons. The molecule has 1 aromatic heterocycles. The fourth-order valence-electron chi connectivity index (χ4n) is 6.66. The Morgan fingerprint density at radius 1 is 1.17 bits per heavy atom. The zero-order chi connectivity index (χ0) is 20.2. The van der Waals surface area contributed by atoms with Gasteiger partial charge >= 0.3 is 5.97 Å². The third-order valence-electron chi connectivity index (χ3n) is 7.47. The van der Waals surface area contributed by atoms with E-state index < -0.39 is 18.1 Å². The lowest BCUT2D eigenvalue weighted by molar-refractivity contribution is -0.166. The van der Waals surface area contributed by atoms with Gasteiger partial charge in [0.25, 0.3) is 5.89 Å². The van der Waals surface area contributed by atoms with Gasteiger partial charge in [0.2, 0.25) is 5.91 Å². The first-order chi connectivity index (χ1) is 14.0. The topological polar surface area (TPSA) is 106 Å². The SMILES string of the molecule is CCc1noc(COC(=O)[C@@H]2CC(O)CN2C(=O)C23CC4CC(CC(C4)C2)C3)n1. The third kappa shape index (κ3) is 3.35. The highest BCUT2D eigenvalue weighted by molar-refractivity contribution is 5.89. The van der Waals surface area contributed by atoms with Crippen molar-refractivity contribution in [3.8, 4) is 0 Å². The van der Waals surface area contributed by atoms with Crippen LogP contribution in [0.2, 0.25) is 0 Å². The number of aromatic nitrogens is 2. The summed E-state index contributed by atoms with van der Waals surface area (Å²) in [6.07, 6.45) is 6.75. The van der Waals surface area contributed by atoms with E-state index in [1.807, 2.05) is 6.92 Å². The van der Waals surface area contributed by atoms with E-state index in [0.29, 0.717) is 30.0 Å². The normalized spacial score (nSPS) is 37.9. The summed E-state index contributed by atoms with van der Waals surface area (Å²) in [5.74, 6) is 2.30. The zero-order valence-electron chi connectivity index (χ0n) is 16.9. The molecule has 6 rings (SSSR count). The van der Waals surface area contributed by atoms with Crippen LogP contribution in [0, 0.1) is 23.2 Å². The second-order valence-electron chi connectivity index (χ2n) is 9.63. The standard InChI is InChI=1S/C21H29N3O5/c1-2-17-22-18(29-23-17)11-28-19(26)16-6-15(25)10-24(16)20(27)21-7-12-3-13(8-21)5-14(4-12)9-21/h12-16,25H,2-11H2,1H3/t12?,13?,14?,15?,16-,21?/m0/s1. The number of carbonyl (C=O) groups is 2. The van der Waals surface area contributed by atoms with Gasteiger partial charge in [0, 0.05) is 19.4 Å². The van der Waals surface area contributed by atoms with Crippen LogP contribution in [0.5, 0.6) is 0 Å². The minimum absolute atomic E-state index is 0.0566. The Hall–Kier alpha value is -1.96. The molecule has 8 heteroatoms. The minimum Gasteiger partial charge on any atom is -0.454 e. The fraction of sp³-hybridized carbons (Fsp3) is 0.810. The molecule has 1 amide bonds. The number of hydrogen-bond acceptors (Lipinski definition) is 7. The zero-order valence-corrected chi connectivity index (χ0v) is 16.9. The maximum atomic E-state index is 13.6. The van der Waals surface area contributed by atoms with E-state index in [4.69, 9.17) is 9.26 Å². The maximum absolute atomic E-state index is 13.6. The van der Waals surface area contributed by atoms with E-state index in [9.17, 15) is 14.7 Å². The molecule has 29 heavy (non-hydrogen) atoms.